The molecule has 0 amide bonds. The van der Waals surface area contributed by atoms with Crippen LogP contribution >= 0.6 is 0 Å². The molecular weight excluding hydrogens is 280 g/mol. The number of rotatable bonds is 5. The standard InChI is InChI=1S/C18H30O4/c1-2-14-11-15(21-17-7-3-5-9-19-17)13-16(12-14)22-18-8-4-6-10-20-18/h2,14-18H,1,3-13H2. The van der Waals surface area contributed by atoms with Gasteiger partial charge in [0.15, 0.2) is 12.6 Å². The van der Waals surface area contributed by atoms with Crippen molar-refractivity contribution in [2.45, 2.75) is 82.6 Å². The van der Waals surface area contributed by atoms with E-state index in [1.807, 2.05) is 0 Å². The Hall–Kier alpha value is -0.420. The third-order valence-electron chi connectivity index (χ3n) is 4.95. The fourth-order valence-corrected chi connectivity index (χ4v) is 3.74. The van der Waals surface area contributed by atoms with Crippen LogP contribution in [0.1, 0.15) is 57.8 Å². The number of hydrogen-bond acceptors (Lipinski definition) is 4. The van der Waals surface area contributed by atoms with Crippen LogP contribution in [0.15, 0.2) is 12.7 Å². The van der Waals surface area contributed by atoms with Crippen molar-refractivity contribution in [1.29, 1.82) is 0 Å². The van der Waals surface area contributed by atoms with Crippen LogP contribution in [-0.4, -0.2) is 38.0 Å². The van der Waals surface area contributed by atoms with E-state index in [9.17, 15) is 0 Å². The predicted octanol–water partition coefficient (Wildman–Crippen LogP) is 3.80. The molecule has 0 N–H and O–H groups in total. The lowest BCUT2D eigenvalue weighted by Gasteiger charge is -2.38. The van der Waals surface area contributed by atoms with Gasteiger partial charge in [0.1, 0.15) is 0 Å². The Morgan fingerprint density at radius 3 is 1.73 bits per heavy atom. The van der Waals surface area contributed by atoms with Gasteiger partial charge in [-0.2, -0.15) is 0 Å². The minimum atomic E-state index is -0.0195. The first kappa shape index (κ1) is 16.4. The van der Waals surface area contributed by atoms with Crippen LogP contribution in [0.3, 0.4) is 0 Å². The van der Waals surface area contributed by atoms with Crippen LogP contribution < -0.4 is 0 Å². The lowest BCUT2D eigenvalue weighted by Crippen LogP contribution is -2.39. The van der Waals surface area contributed by atoms with Crippen molar-refractivity contribution in [3.8, 4) is 0 Å². The average molecular weight is 310 g/mol. The molecule has 126 valence electrons. The molecule has 4 unspecified atom stereocenters. The molecule has 3 rings (SSSR count). The van der Waals surface area contributed by atoms with E-state index in [0.717, 1.165) is 58.2 Å². The van der Waals surface area contributed by atoms with Crippen molar-refractivity contribution >= 4 is 0 Å². The van der Waals surface area contributed by atoms with E-state index < -0.39 is 0 Å². The van der Waals surface area contributed by atoms with Gasteiger partial charge in [-0.15, -0.1) is 6.58 Å². The summed E-state index contributed by atoms with van der Waals surface area (Å²) in [4.78, 5) is 0. The Morgan fingerprint density at radius 2 is 1.32 bits per heavy atom. The molecule has 1 saturated carbocycles. The van der Waals surface area contributed by atoms with E-state index in [0.29, 0.717) is 5.92 Å². The van der Waals surface area contributed by atoms with Crippen LogP contribution in [0.25, 0.3) is 0 Å². The topological polar surface area (TPSA) is 36.9 Å². The second-order valence-electron chi connectivity index (χ2n) is 6.81. The Morgan fingerprint density at radius 1 is 0.773 bits per heavy atom. The van der Waals surface area contributed by atoms with Gasteiger partial charge in [0.25, 0.3) is 0 Å². The Labute approximate surface area is 134 Å². The summed E-state index contributed by atoms with van der Waals surface area (Å²) in [5.41, 5.74) is 0. The number of allylic oxidation sites excluding steroid dienone is 1. The molecule has 0 aromatic heterocycles. The molecule has 3 fully saturated rings. The summed E-state index contributed by atoms with van der Waals surface area (Å²) < 4.78 is 23.8. The fraction of sp³-hybridized carbons (Fsp3) is 0.889. The zero-order valence-electron chi connectivity index (χ0n) is 13.6. The Kier molecular flexibility index (Phi) is 6.30. The van der Waals surface area contributed by atoms with Crippen molar-refractivity contribution in [2.75, 3.05) is 13.2 Å². The van der Waals surface area contributed by atoms with E-state index in [1.165, 1.54) is 12.8 Å². The van der Waals surface area contributed by atoms with Gasteiger partial charge < -0.3 is 18.9 Å². The second-order valence-corrected chi connectivity index (χ2v) is 6.81. The molecule has 0 aromatic rings. The molecule has 0 aromatic carbocycles. The summed E-state index contributed by atoms with van der Waals surface area (Å²) in [5, 5.41) is 0. The molecule has 0 bridgehead atoms. The van der Waals surface area contributed by atoms with Gasteiger partial charge in [-0.25, -0.2) is 0 Å². The highest BCUT2D eigenvalue weighted by Gasteiger charge is 2.32. The summed E-state index contributed by atoms with van der Waals surface area (Å²) in [6.45, 7) is 5.64. The van der Waals surface area contributed by atoms with Gasteiger partial charge in [-0.3, -0.25) is 0 Å². The summed E-state index contributed by atoms with van der Waals surface area (Å²) in [6, 6.07) is 0. The van der Waals surface area contributed by atoms with Crippen LogP contribution in [-0.2, 0) is 18.9 Å². The third kappa shape index (κ3) is 4.79. The van der Waals surface area contributed by atoms with Gasteiger partial charge in [0.05, 0.1) is 12.2 Å². The molecule has 4 heteroatoms. The van der Waals surface area contributed by atoms with E-state index >= 15 is 0 Å². The number of hydrogen-bond donors (Lipinski definition) is 0. The van der Waals surface area contributed by atoms with Crippen LogP contribution in [0, 0.1) is 5.92 Å². The first-order chi connectivity index (χ1) is 10.8. The molecule has 0 radical (unpaired) electrons. The minimum absolute atomic E-state index is 0.0195. The summed E-state index contributed by atoms with van der Waals surface area (Å²) in [6.07, 6.45) is 12.2. The smallest absolute Gasteiger partial charge is 0.157 e. The average Bonchev–Trinajstić information content (AvgIpc) is 2.56. The summed E-state index contributed by atoms with van der Waals surface area (Å²) >= 11 is 0. The third-order valence-corrected chi connectivity index (χ3v) is 4.95. The Balaban J connectivity index is 1.50. The lowest BCUT2D eigenvalue weighted by molar-refractivity contribution is -0.227. The predicted molar refractivity (Wildman–Crippen MR) is 84.5 cm³/mol. The van der Waals surface area contributed by atoms with E-state index in [-0.39, 0.29) is 24.8 Å². The minimum Gasteiger partial charge on any atom is -0.353 e. The second kappa shape index (κ2) is 8.44. The molecule has 0 spiro atoms. The molecule has 1 aliphatic carbocycles. The van der Waals surface area contributed by atoms with E-state index in [4.69, 9.17) is 18.9 Å². The normalized spacial score (nSPS) is 40.3. The Bertz CT molecular complexity index is 306. The number of ether oxygens (including phenoxy) is 4. The highest BCUT2D eigenvalue weighted by atomic mass is 16.7. The maximum absolute atomic E-state index is 6.19. The fourth-order valence-electron chi connectivity index (χ4n) is 3.74. The first-order valence-electron chi connectivity index (χ1n) is 9.00. The summed E-state index contributed by atoms with van der Waals surface area (Å²) in [7, 11) is 0. The van der Waals surface area contributed by atoms with Gasteiger partial charge in [0.2, 0.25) is 0 Å². The highest BCUT2D eigenvalue weighted by Crippen LogP contribution is 2.32. The summed E-state index contributed by atoms with van der Waals surface area (Å²) in [5.74, 6) is 0.468. The molecule has 2 saturated heterocycles. The maximum atomic E-state index is 6.19. The van der Waals surface area contributed by atoms with Gasteiger partial charge >= 0.3 is 0 Å². The monoisotopic (exact) mass is 310 g/mol. The van der Waals surface area contributed by atoms with Crippen molar-refractivity contribution in [2.24, 2.45) is 5.92 Å². The van der Waals surface area contributed by atoms with Crippen molar-refractivity contribution in [3.63, 3.8) is 0 Å². The van der Waals surface area contributed by atoms with Crippen LogP contribution in [0.5, 0.6) is 0 Å². The first-order valence-corrected chi connectivity index (χ1v) is 9.00. The van der Waals surface area contributed by atoms with Gasteiger partial charge in [0, 0.05) is 19.6 Å². The van der Waals surface area contributed by atoms with Gasteiger partial charge in [-0.1, -0.05) is 6.08 Å². The SMILES string of the molecule is C=CC1CC(OC2CCCCO2)CC(OC2CCCCO2)C1. The molecule has 4 nitrogen and oxygen atoms in total. The highest BCUT2D eigenvalue weighted by molar-refractivity contribution is 4.90. The van der Waals surface area contributed by atoms with Crippen molar-refractivity contribution in [1.82, 2.24) is 0 Å². The van der Waals surface area contributed by atoms with E-state index in [1.54, 1.807) is 0 Å². The quantitative estimate of drug-likeness (QED) is 0.724. The van der Waals surface area contributed by atoms with Gasteiger partial charge in [-0.05, 0) is 57.3 Å². The maximum Gasteiger partial charge on any atom is 0.157 e. The van der Waals surface area contributed by atoms with Crippen molar-refractivity contribution in [3.05, 3.63) is 12.7 Å². The molecular formula is C18H30O4. The lowest BCUT2D eigenvalue weighted by atomic mass is 9.85. The molecule has 22 heavy (non-hydrogen) atoms. The zero-order valence-corrected chi connectivity index (χ0v) is 13.6. The molecule has 4 atom stereocenters. The molecule has 3 aliphatic rings. The largest absolute Gasteiger partial charge is 0.353 e. The van der Waals surface area contributed by atoms with E-state index in [2.05, 4.69) is 12.7 Å². The van der Waals surface area contributed by atoms with Crippen LogP contribution in [0.4, 0.5) is 0 Å². The molecule has 2 aliphatic heterocycles. The van der Waals surface area contributed by atoms with Crippen LogP contribution in [0.2, 0.25) is 0 Å². The molecule has 2 heterocycles. The van der Waals surface area contributed by atoms with Crippen molar-refractivity contribution < 1.29 is 18.9 Å². The zero-order chi connectivity index (χ0) is 15.2.